The standard InChI is InChI=1S/C15H21F3N2/c1-10-3-4-11(2)13(7-10)14(19)8-20(12-5-6-12)9-15(16,17)18/h3-4,7,12,14H,5-6,8-9,19H2,1-2H3. The molecule has 0 aliphatic heterocycles. The Labute approximate surface area is 117 Å². The maximum absolute atomic E-state index is 12.6. The third kappa shape index (κ3) is 4.21. The molecule has 1 aromatic rings. The largest absolute Gasteiger partial charge is 0.401 e. The van der Waals surface area contributed by atoms with E-state index in [1.165, 1.54) is 4.90 Å². The molecule has 5 heteroatoms. The molecule has 1 aliphatic rings. The number of alkyl halides is 3. The van der Waals surface area contributed by atoms with E-state index in [4.69, 9.17) is 5.73 Å². The second-order valence-corrected chi connectivity index (χ2v) is 5.74. The highest BCUT2D eigenvalue weighted by molar-refractivity contribution is 5.33. The molecule has 1 fully saturated rings. The van der Waals surface area contributed by atoms with Crippen LogP contribution in [0.5, 0.6) is 0 Å². The van der Waals surface area contributed by atoms with Gasteiger partial charge in [-0.25, -0.2) is 0 Å². The SMILES string of the molecule is Cc1ccc(C)c(C(N)CN(CC(F)(F)F)C2CC2)c1. The fourth-order valence-electron chi connectivity index (χ4n) is 2.52. The van der Waals surface area contributed by atoms with Crippen molar-refractivity contribution in [3.05, 3.63) is 34.9 Å². The summed E-state index contributed by atoms with van der Waals surface area (Å²) in [7, 11) is 0. The number of nitrogens with zero attached hydrogens (tertiary/aromatic N) is 1. The number of hydrogen-bond acceptors (Lipinski definition) is 2. The van der Waals surface area contributed by atoms with Crippen LogP contribution in [0.4, 0.5) is 13.2 Å². The van der Waals surface area contributed by atoms with Crippen LogP contribution in [0.2, 0.25) is 0 Å². The van der Waals surface area contributed by atoms with Crippen molar-refractivity contribution in [2.24, 2.45) is 5.73 Å². The van der Waals surface area contributed by atoms with Gasteiger partial charge in [0.25, 0.3) is 0 Å². The Morgan fingerprint density at radius 3 is 2.50 bits per heavy atom. The molecule has 1 aromatic carbocycles. The minimum Gasteiger partial charge on any atom is -0.323 e. The van der Waals surface area contributed by atoms with E-state index in [0.29, 0.717) is 0 Å². The predicted molar refractivity (Wildman–Crippen MR) is 73.5 cm³/mol. The molecule has 0 saturated heterocycles. The van der Waals surface area contributed by atoms with E-state index < -0.39 is 12.7 Å². The van der Waals surface area contributed by atoms with Crippen molar-refractivity contribution in [1.29, 1.82) is 0 Å². The number of hydrogen-bond donors (Lipinski definition) is 1. The molecule has 0 heterocycles. The van der Waals surface area contributed by atoms with Gasteiger partial charge >= 0.3 is 6.18 Å². The first-order chi connectivity index (χ1) is 9.26. The van der Waals surface area contributed by atoms with Crippen molar-refractivity contribution in [3.63, 3.8) is 0 Å². The van der Waals surface area contributed by atoms with E-state index in [1.54, 1.807) is 0 Å². The molecular weight excluding hydrogens is 265 g/mol. The highest BCUT2D eigenvalue weighted by Gasteiger charge is 2.38. The van der Waals surface area contributed by atoms with Crippen molar-refractivity contribution in [1.82, 2.24) is 4.90 Å². The van der Waals surface area contributed by atoms with E-state index in [1.807, 2.05) is 32.0 Å². The molecule has 2 nitrogen and oxygen atoms in total. The summed E-state index contributed by atoms with van der Waals surface area (Å²) in [6, 6.07) is 5.60. The van der Waals surface area contributed by atoms with E-state index in [9.17, 15) is 13.2 Å². The molecule has 20 heavy (non-hydrogen) atoms. The van der Waals surface area contributed by atoms with E-state index in [0.717, 1.165) is 29.5 Å². The van der Waals surface area contributed by atoms with E-state index >= 15 is 0 Å². The minimum absolute atomic E-state index is 0.0489. The monoisotopic (exact) mass is 286 g/mol. The van der Waals surface area contributed by atoms with Gasteiger partial charge in [0.15, 0.2) is 0 Å². The molecule has 1 atom stereocenters. The summed E-state index contributed by atoms with van der Waals surface area (Å²) < 4.78 is 37.8. The molecule has 1 aliphatic carbocycles. The van der Waals surface area contributed by atoms with Crippen LogP contribution in [0.3, 0.4) is 0 Å². The molecule has 1 saturated carbocycles. The lowest BCUT2D eigenvalue weighted by Gasteiger charge is -2.27. The third-order valence-electron chi connectivity index (χ3n) is 3.71. The van der Waals surface area contributed by atoms with Crippen LogP contribution in [0, 0.1) is 13.8 Å². The summed E-state index contributed by atoms with van der Waals surface area (Å²) in [6.07, 6.45) is -2.48. The second-order valence-electron chi connectivity index (χ2n) is 5.74. The number of aryl methyl sites for hydroxylation is 2. The predicted octanol–water partition coefficient (Wildman–Crippen LogP) is 3.33. The van der Waals surface area contributed by atoms with Crippen molar-refractivity contribution in [2.75, 3.05) is 13.1 Å². The first kappa shape index (κ1) is 15.3. The van der Waals surface area contributed by atoms with Gasteiger partial charge in [0, 0.05) is 18.6 Å². The van der Waals surface area contributed by atoms with Crippen LogP contribution in [0.1, 0.15) is 35.6 Å². The van der Waals surface area contributed by atoms with Gasteiger partial charge in [-0.3, -0.25) is 4.90 Å². The van der Waals surface area contributed by atoms with Gasteiger partial charge in [-0.1, -0.05) is 23.8 Å². The molecule has 0 amide bonds. The molecule has 0 radical (unpaired) electrons. The Hall–Kier alpha value is -1.07. The fourth-order valence-corrected chi connectivity index (χ4v) is 2.52. The zero-order chi connectivity index (χ0) is 14.9. The van der Waals surface area contributed by atoms with Crippen LogP contribution < -0.4 is 5.73 Å². The van der Waals surface area contributed by atoms with Gasteiger partial charge in [0.1, 0.15) is 0 Å². The van der Waals surface area contributed by atoms with Crippen molar-refractivity contribution >= 4 is 0 Å². The molecule has 1 unspecified atom stereocenters. The first-order valence-electron chi connectivity index (χ1n) is 6.90. The highest BCUT2D eigenvalue weighted by Crippen LogP contribution is 2.31. The summed E-state index contributed by atoms with van der Waals surface area (Å²) in [5.74, 6) is 0. The van der Waals surface area contributed by atoms with Crippen LogP contribution in [0.15, 0.2) is 18.2 Å². The molecule has 0 spiro atoms. The summed E-state index contributed by atoms with van der Waals surface area (Å²) in [5, 5.41) is 0. The Bertz CT molecular complexity index is 467. The Morgan fingerprint density at radius 2 is 1.95 bits per heavy atom. The second kappa shape index (κ2) is 5.74. The molecule has 0 aromatic heterocycles. The molecule has 2 rings (SSSR count). The molecule has 112 valence electrons. The summed E-state index contributed by atoms with van der Waals surface area (Å²) in [4.78, 5) is 1.48. The van der Waals surface area contributed by atoms with Gasteiger partial charge in [0.2, 0.25) is 0 Å². The quantitative estimate of drug-likeness (QED) is 0.899. The normalized spacial score (nSPS) is 17.6. The van der Waals surface area contributed by atoms with Crippen LogP contribution in [-0.4, -0.2) is 30.2 Å². The average Bonchev–Trinajstić information content (AvgIpc) is 3.13. The van der Waals surface area contributed by atoms with Gasteiger partial charge in [-0.15, -0.1) is 0 Å². The molecule has 2 N–H and O–H groups in total. The Balaban J connectivity index is 2.08. The fraction of sp³-hybridized carbons (Fsp3) is 0.600. The van der Waals surface area contributed by atoms with Gasteiger partial charge < -0.3 is 5.73 Å². The number of halogens is 3. The molecule has 0 bridgehead atoms. The lowest BCUT2D eigenvalue weighted by molar-refractivity contribution is -0.147. The topological polar surface area (TPSA) is 29.3 Å². The van der Waals surface area contributed by atoms with Crippen molar-refractivity contribution < 1.29 is 13.2 Å². The average molecular weight is 286 g/mol. The summed E-state index contributed by atoms with van der Waals surface area (Å²) >= 11 is 0. The van der Waals surface area contributed by atoms with Crippen LogP contribution in [0.25, 0.3) is 0 Å². The number of nitrogens with two attached hydrogens (primary N) is 1. The lowest BCUT2D eigenvalue weighted by atomic mass is 9.99. The summed E-state index contributed by atoms with van der Waals surface area (Å²) in [5.41, 5.74) is 9.20. The Kier molecular flexibility index (Phi) is 4.39. The van der Waals surface area contributed by atoms with Crippen LogP contribution >= 0.6 is 0 Å². The number of rotatable bonds is 5. The van der Waals surface area contributed by atoms with Gasteiger partial charge in [-0.05, 0) is 37.8 Å². The molecular formula is C15H21F3N2. The maximum atomic E-state index is 12.6. The smallest absolute Gasteiger partial charge is 0.323 e. The number of benzene rings is 1. The van der Waals surface area contributed by atoms with Gasteiger partial charge in [-0.2, -0.15) is 13.2 Å². The summed E-state index contributed by atoms with van der Waals surface area (Å²) in [6.45, 7) is 3.30. The highest BCUT2D eigenvalue weighted by atomic mass is 19.4. The first-order valence-corrected chi connectivity index (χ1v) is 6.90. The van der Waals surface area contributed by atoms with E-state index in [2.05, 4.69) is 0 Å². The van der Waals surface area contributed by atoms with Gasteiger partial charge in [0.05, 0.1) is 6.54 Å². The zero-order valence-corrected chi connectivity index (χ0v) is 11.9. The Morgan fingerprint density at radius 1 is 1.30 bits per heavy atom. The maximum Gasteiger partial charge on any atom is 0.401 e. The van der Waals surface area contributed by atoms with E-state index in [-0.39, 0.29) is 18.6 Å². The third-order valence-corrected chi connectivity index (χ3v) is 3.71. The lowest BCUT2D eigenvalue weighted by Crippen LogP contribution is -2.40. The minimum atomic E-state index is -4.16. The zero-order valence-electron chi connectivity index (χ0n) is 11.9. The van der Waals surface area contributed by atoms with Crippen LogP contribution in [-0.2, 0) is 0 Å². The van der Waals surface area contributed by atoms with Crippen molar-refractivity contribution in [3.8, 4) is 0 Å². The van der Waals surface area contributed by atoms with Crippen molar-refractivity contribution in [2.45, 2.75) is 44.9 Å².